The molecule has 0 aliphatic heterocycles. The molecule has 0 saturated heterocycles. The van der Waals surface area contributed by atoms with Crippen molar-refractivity contribution in [2.45, 2.75) is 13.8 Å². The van der Waals surface area contributed by atoms with Crippen molar-refractivity contribution >= 4 is 29.3 Å². The van der Waals surface area contributed by atoms with Crippen molar-refractivity contribution in [2.75, 3.05) is 10.6 Å². The molecule has 2 aromatic carbocycles. The van der Waals surface area contributed by atoms with Gasteiger partial charge in [-0.15, -0.1) is 0 Å². The summed E-state index contributed by atoms with van der Waals surface area (Å²) in [6.45, 7) is 3.26. The maximum Gasteiger partial charge on any atom is 0.248 e. The number of rotatable bonds is 4. The maximum absolute atomic E-state index is 13.5. The van der Waals surface area contributed by atoms with Gasteiger partial charge in [-0.3, -0.25) is 9.59 Å². The molecule has 2 N–H and O–H groups in total. The van der Waals surface area contributed by atoms with Crippen LogP contribution in [0.4, 0.5) is 15.8 Å². The summed E-state index contributed by atoms with van der Waals surface area (Å²) in [4.78, 5) is 22.9. The van der Waals surface area contributed by atoms with E-state index >= 15 is 0 Å². The van der Waals surface area contributed by atoms with Crippen LogP contribution in [0.2, 0.25) is 0 Å². The largest absolute Gasteiger partial charge is 0.324 e. The molecule has 0 aliphatic carbocycles. The Morgan fingerprint density at radius 1 is 1.09 bits per heavy atom. The molecule has 0 heterocycles. The zero-order valence-corrected chi connectivity index (χ0v) is 12.9. The smallest absolute Gasteiger partial charge is 0.248 e. The Kier molecular flexibility index (Phi) is 5.25. The van der Waals surface area contributed by atoms with Gasteiger partial charge in [0.1, 0.15) is 5.82 Å². The first-order valence-corrected chi connectivity index (χ1v) is 7.07. The van der Waals surface area contributed by atoms with Gasteiger partial charge in [-0.1, -0.05) is 29.8 Å². The number of amides is 2. The fourth-order valence-corrected chi connectivity index (χ4v) is 2.02. The minimum atomic E-state index is -0.562. The maximum atomic E-state index is 13.5. The first kappa shape index (κ1) is 16.4. The summed E-state index contributed by atoms with van der Waals surface area (Å²) in [5.74, 6) is -1.29. The molecule has 0 fully saturated rings. The van der Waals surface area contributed by atoms with Gasteiger partial charge < -0.3 is 10.6 Å². The van der Waals surface area contributed by atoms with Crippen molar-refractivity contribution in [3.05, 3.63) is 65.5 Å². The average Bonchev–Trinajstić information content (AvgIpc) is 2.48. The zero-order valence-electron chi connectivity index (χ0n) is 12.9. The molecular weight excluding hydrogens is 295 g/mol. The number of halogens is 1. The predicted molar refractivity (Wildman–Crippen MR) is 89.5 cm³/mol. The Hall–Kier alpha value is -2.95. The number of hydrogen-bond acceptors (Lipinski definition) is 2. The Balaban J connectivity index is 2.06. The molecule has 2 amide bonds. The lowest BCUT2D eigenvalue weighted by molar-refractivity contribution is -0.114. The molecule has 2 aromatic rings. The van der Waals surface area contributed by atoms with Crippen LogP contribution >= 0.6 is 0 Å². The summed E-state index contributed by atoms with van der Waals surface area (Å²) in [5.41, 5.74) is 2.44. The number of benzene rings is 2. The Morgan fingerprint density at radius 2 is 1.87 bits per heavy atom. The van der Waals surface area contributed by atoms with Gasteiger partial charge in [-0.05, 0) is 36.8 Å². The van der Waals surface area contributed by atoms with E-state index in [0.29, 0.717) is 5.69 Å². The minimum absolute atomic E-state index is 0.0259. The topological polar surface area (TPSA) is 58.2 Å². The lowest BCUT2D eigenvalue weighted by atomic mass is 10.1. The monoisotopic (exact) mass is 312 g/mol. The van der Waals surface area contributed by atoms with E-state index in [2.05, 4.69) is 10.6 Å². The van der Waals surface area contributed by atoms with E-state index in [-0.39, 0.29) is 17.5 Å². The lowest BCUT2D eigenvalue weighted by Crippen LogP contribution is -2.10. The number of hydrogen-bond donors (Lipinski definition) is 2. The third-order valence-corrected chi connectivity index (χ3v) is 3.01. The van der Waals surface area contributed by atoms with Crippen molar-refractivity contribution in [2.24, 2.45) is 0 Å². The summed E-state index contributed by atoms with van der Waals surface area (Å²) in [7, 11) is 0. The summed E-state index contributed by atoms with van der Waals surface area (Å²) in [6.07, 6.45) is 3.09. The van der Waals surface area contributed by atoms with E-state index in [9.17, 15) is 14.0 Å². The molecule has 0 spiro atoms. The number of carbonyl (C=O) groups is 2. The van der Waals surface area contributed by atoms with E-state index in [1.807, 2.05) is 31.2 Å². The second-order valence-corrected chi connectivity index (χ2v) is 5.11. The van der Waals surface area contributed by atoms with Gasteiger partial charge in [0.15, 0.2) is 0 Å². The summed E-state index contributed by atoms with van der Waals surface area (Å²) in [6, 6.07) is 11.7. The standard InChI is InChI=1S/C18H17FN2O2/c1-12-4-3-5-14(10-12)6-9-18(23)21-15-7-8-16(19)17(11-15)20-13(2)22/h3-11H,1-2H3,(H,20,22)(H,21,23)/b9-6+. The van der Waals surface area contributed by atoms with Crippen molar-refractivity contribution in [3.63, 3.8) is 0 Å². The van der Waals surface area contributed by atoms with Crippen molar-refractivity contribution < 1.29 is 14.0 Å². The van der Waals surface area contributed by atoms with E-state index < -0.39 is 5.82 Å². The van der Waals surface area contributed by atoms with E-state index in [0.717, 1.165) is 11.1 Å². The Labute approximate surface area is 134 Å². The highest BCUT2D eigenvalue weighted by molar-refractivity contribution is 6.02. The number of anilines is 2. The minimum Gasteiger partial charge on any atom is -0.324 e. The van der Waals surface area contributed by atoms with Crippen LogP contribution in [-0.2, 0) is 9.59 Å². The van der Waals surface area contributed by atoms with Crippen LogP contribution in [0.5, 0.6) is 0 Å². The molecule has 23 heavy (non-hydrogen) atoms. The average molecular weight is 312 g/mol. The molecule has 0 saturated carbocycles. The molecule has 0 unspecified atom stereocenters. The lowest BCUT2D eigenvalue weighted by Gasteiger charge is -2.07. The second-order valence-electron chi connectivity index (χ2n) is 5.11. The fourth-order valence-electron chi connectivity index (χ4n) is 2.02. The quantitative estimate of drug-likeness (QED) is 0.845. The number of nitrogens with one attached hydrogen (secondary N) is 2. The first-order chi connectivity index (χ1) is 10.9. The SMILES string of the molecule is CC(=O)Nc1cc(NC(=O)/C=C/c2cccc(C)c2)ccc1F. The Bertz CT molecular complexity index is 769. The molecule has 4 nitrogen and oxygen atoms in total. The first-order valence-electron chi connectivity index (χ1n) is 7.07. The van der Waals surface area contributed by atoms with Crippen LogP contribution in [0.15, 0.2) is 48.5 Å². The predicted octanol–water partition coefficient (Wildman–Crippen LogP) is 3.74. The highest BCUT2D eigenvalue weighted by Crippen LogP contribution is 2.19. The molecule has 0 radical (unpaired) electrons. The van der Waals surface area contributed by atoms with E-state index in [4.69, 9.17) is 0 Å². The van der Waals surface area contributed by atoms with Gasteiger partial charge in [0.25, 0.3) is 0 Å². The fraction of sp³-hybridized carbons (Fsp3) is 0.111. The molecule has 0 aliphatic rings. The van der Waals surface area contributed by atoms with Gasteiger partial charge in [0, 0.05) is 18.7 Å². The van der Waals surface area contributed by atoms with Crippen LogP contribution in [0.25, 0.3) is 6.08 Å². The van der Waals surface area contributed by atoms with Crippen LogP contribution in [0, 0.1) is 12.7 Å². The molecular formula is C18H17FN2O2. The normalized spacial score (nSPS) is 10.6. The van der Waals surface area contributed by atoms with E-state index in [1.165, 1.54) is 31.2 Å². The summed E-state index contributed by atoms with van der Waals surface area (Å²) < 4.78 is 13.5. The zero-order chi connectivity index (χ0) is 16.8. The highest BCUT2D eigenvalue weighted by Gasteiger charge is 2.06. The molecule has 2 rings (SSSR count). The van der Waals surface area contributed by atoms with Gasteiger partial charge in [-0.2, -0.15) is 0 Å². The molecule has 118 valence electrons. The van der Waals surface area contributed by atoms with Crippen LogP contribution in [0.1, 0.15) is 18.1 Å². The van der Waals surface area contributed by atoms with Crippen LogP contribution in [0.3, 0.4) is 0 Å². The Morgan fingerprint density at radius 3 is 2.57 bits per heavy atom. The van der Waals surface area contributed by atoms with Crippen LogP contribution in [-0.4, -0.2) is 11.8 Å². The molecule has 0 aromatic heterocycles. The van der Waals surface area contributed by atoms with Crippen molar-refractivity contribution in [1.29, 1.82) is 0 Å². The van der Waals surface area contributed by atoms with Gasteiger partial charge >= 0.3 is 0 Å². The third-order valence-electron chi connectivity index (χ3n) is 3.01. The van der Waals surface area contributed by atoms with Crippen molar-refractivity contribution in [3.8, 4) is 0 Å². The van der Waals surface area contributed by atoms with Gasteiger partial charge in [0.05, 0.1) is 5.69 Å². The summed E-state index contributed by atoms with van der Waals surface area (Å²) >= 11 is 0. The highest BCUT2D eigenvalue weighted by atomic mass is 19.1. The van der Waals surface area contributed by atoms with Gasteiger partial charge in [-0.25, -0.2) is 4.39 Å². The van der Waals surface area contributed by atoms with Crippen LogP contribution < -0.4 is 10.6 Å². The number of aryl methyl sites for hydroxylation is 1. The van der Waals surface area contributed by atoms with Gasteiger partial charge in [0.2, 0.25) is 11.8 Å². The summed E-state index contributed by atoms with van der Waals surface area (Å²) in [5, 5.41) is 4.99. The molecule has 5 heteroatoms. The second kappa shape index (κ2) is 7.35. The molecule has 0 bridgehead atoms. The molecule has 0 atom stereocenters. The van der Waals surface area contributed by atoms with Crippen molar-refractivity contribution in [1.82, 2.24) is 0 Å². The third kappa shape index (κ3) is 5.07. The number of carbonyl (C=O) groups excluding carboxylic acids is 2. The van der Waals surface area contributed by atoms with E-state index in [1.54, 1.807) is 6.08 Å².